The number of benzene rings is 2. The van der Waals surface area contributed by atoms with E-state index < -0.39 is 0 Å². The van der Waals surface area contributed by atoms with E-state index in [1.54, 1.807) is 0 Å². The van der Waals surface area contributed by atoms with Crippen LogP contribution in [-0.4, -0.2) is 22.3 Å². The normalized spacial score (nSPS) is 19.0. The highest BCUT2D eigenvalue weighted by Crippen LogP contribution is 2.48. The maximum absolute atomic E-state index is 11.7. The van der Waals surface area contributed by atoms with Crippen LogP contribution in [-0.2, 0) is 4.79 Å². The molecule has 0 saturated heterocycles. The summed E-state index contributed by atoms with van der Waals surface area (Å²) < 4.78 is 0.211. The van der Waals surface area contributed by atoms with E-state index in [0.29, 0.717) is 6.42 Å². The number of anilines is 2. The summed E-state index contributed by atoms with van der Waals surface area (Å²) in [5, 5.41) is 1.51. The Morgan fingerprint density at radius 3 is 2.41 bits per heavy atom. The lowest BCUT2D eigenvalue weighted by Crippen LogP contribution is -2.30. The van der Waals surface area contributed by atoms with E-state index in [2.05, 4.69) is 86.0 Å². The van der Waals surface area contributed by atoms with Crippen molar-refractivity contribution in [1.82, 2.24) is 0 Å². The predicted octanol–water partition coefficient (Wildman–Crippen LogP) is 7.70. The lowest BCUT2D eigenvalue weighted by molar-refractivity contribution is -0.109. The van der Waals surface area contributed by atoms with Crippen molar-refractivity contribution < 1.29 is 4.79 Å². The summed E-state index contributed by atoms with van der Waals surface area (Å²) in [4.78, 5) is 19.2. The molecule has 168 valence electrons. The SMILES string of the molecule is CCC(/C=C1\Sc2ccc(C)cc2N1CC)=C\C1Sc2ccc(C)cc2N1CCC(=O)I. The monoisotopic (exact) mass is 576 g/mol. The summed E-state index contributed by atoms with van der Waals surface area (Å²) in [5.74, 6) is 0. The van der Waals surface area contributed by atoms with Gasteiger partial charge in [0.15, 0.2) is 3.79 Å². The number of hydrogen-bond donors (Lipinski definition) is 0. The van der Waals surface area contributed by atoms with E-state index in [0.717, 1.165) is 19.5 Å². The van der Waals surface area contributed by atoms with Crippen LogP contribution in [0.2, 0.25) is 0 Å². The van der Waals surface area contributed by atoms with Crippen LogP contribution in [0, 0.1) is 13.8 Å². The molecule has 2 aromatic carbocycles. The van der Waals surface area contributed by atoms with Crippen molar-refractivity contribution >= 4 is 61.3 Å². The van der Waals surface area contributed by atoms with Gasteiger partial charge in [0.25, 0.3) is 0 Å². The molecule has 0 radical (unpaired) electrons. The van der Waals surface area contributed by atoms with Crippen molar-refractivity contribution in [3.05, 3.63) is 70.3 Å². The minimum atomic E-state index is 0.209. The molecule has 2 aliphatic rings. The van der Waals surface area contributed by atoms with Crippen molar-refractivity contribution in [1.29, 1.82) is 0 Å². The van der Waals surface area contributed by atoms with Gasteiger partial charge in [-0.15, -0.1) is 0 Å². The van der Waals surface area contributed by atoms with Crippen molar-refractivity contribution in [3.8, 4) is 0 Å². The molecule has 0 aliphatic carbocycles. The zero-order valence-corrected chi connectivity index (χ0v) is 22.8. The van der Waals surface area contributed by atoms with Gasteiger partial charge in [-0.1, -0.05) is 42.6 Å². The van der Waals surface area contributed by atoms with Crippen LogP contribution in [0.3, 0.4) is 0 Å². The van der Waals surface area contributed by atoms with Gasteiger partial charge in [0.1, 0.15) is 0 Å². The first-order chi connectivity index (χ1) is 15.4. The van der Waals surface area contributed by atoms with Crippen molar-refractivity contribution in [3.63, 3.8) is 0 Å². The smallest absolute Gasteiger partial charge is 0.194 e. The number of rotatable bonds is 7. The fourth-order valence-corrected chi connectivity index (χ4v) is 6.83. The zero-order chi connectivity index (χ0) is 22.8. The molecule has 32 heavy (non-hydrogen) atoms. The van der Waals surface area contributed by atoms with Crippen LogP contribution in [0.4, 0.5) is 11.4 Å². The van der Waals surface area contributed by atoms with E-state index in [-0.39, 0.29) is 9.16 Å². The van der Waals surface area contributed by atoms with Gasteiger partial charge in [0, 0.05) is 29.3 Å². The van der Waals surface area contributed by atoms with Crippen LogP contribution in [0.15, 0.2) is 68.9 Å². The fraction of sp³-hybridized carbons (Fsp3) is 0.346. The van der Waals surface area contributed by atoms with Crippen LogP contribution in [0.25, 0.3) is 0 Å². The zero-order valence-electron chi connectivity index (χ0n) is 19.0. The van der Waals surface area contributed by atoms with Gasteiger partial charge in [-0.25, -0.2) is 0 Å². The molecule has 2 aliphatic heterocycles. The first kappa shape index (κ1) is 23.8. The number of nitrogens with zero attached hydrogens (tertiary/aromatic N) is 2. The third-order valence-electron chi connectivity index (χ3n) is 5.80. The number of thioether (sulfide) groups is 2. The first-order valence-corrected chi connectivity index (χ1v) is 13.9. The summed E-state index contributed by atoms with van der Waals surface area (Å²) in [6.07, 6.45) is 6.30. The second kappa shape index (κ2) is 10.3. The molecule has 4 rings (SSSR count). The molecule has 0 fully saturated rings. The van der Waals surface area contributed by atoms with Gasteiger partial charge in [-0.05, 0) is 103 Å². The Kier molecular flexibility index (Phi) is 7.62. The van der Waals surface area contributed by atoms with Crippen LogP contribution < -0.4 is 9.80 Å². The van der Waals surface area contributed by atoms with Crippen LogP contribution in [0.5, 0.6) is 0 Å². The molecular weight excluding hydrogens is 547 g/mol. The van der Waals surface area contributed by atoms with Gasteiger partial charge in [0.2, 0.25) is 0 Å². The highest BCUT2D eigenvalue weighted by Gasteiger charge is 2.29. The Bertz CT molecular complexity index is 1100. The molecule has 2 aromatic rings. The molecule has 0 bridgehead atoms. The minimum absolute atomic E-state index is 0.209. The molecular formula is C26H29IN2OS2. The highest BCUT2D eigenvalue weighted by atomic mass is 127. The van der Waals surface area contributed by atoms with Crippen LogP contribution in [0.1, 0.15) is 37.8 Å². The van der Waals surface area contributed by atoms with E-state index in [1.165, 1.54) is 42.9 Å². The molecule has 0 N–H and O–H groups in total. The summed E-state index contributed by atoms with van der Waals surface area (Å²) in [7, 11) is 0. The lowest BCUT2D eigenvalue weighted by atomic mass is 10.1. The topological polar surface area (TPSA) is 23.6 Å². The number of aryl methyl sites for hydroxylation is 2. The number of carbonyl (C=O) groups is 1. The third kappa shape index (κ3) is 5.07. The molecule has 0 spiro atoms. The van der Waals surface area contributed by atoms with E-state index in [1.807, 2.05) is 46.1 Å². The molecule has 3 nitrogen and oxygen atoms in total. The number of allylic oxidation sites excluding steroid dienone is 2. The maximum atomic E-state index is 11.7. The Morgan fingerprint density at radius 2 is 1.75 bits per heavy atom. The number of carbonyl (C=O) groups excluding carboxylic acids is 1. The standard InChI is InChI=1S/C26H29IN2OS2/c1-5-19(15-25-28(6-2)20-13-17(3)7-9-22(20)31-25)16-26-29(12-11-24(27)30)21-14-18(4)8-10-23(21)32-26/h7-10,13-16,26H,5-6,11-12H2,1-4H3/b19-16+,25-15-. The average molecular weight is 577 g/mol. The molecule has 0 saturated carbocycles. The minimum Gasteiger partial charge on any atom is -0.354 e. The fourth-order valence-electron chi connectivity index (χ4n) is 4.12. The summed E-state index contributed by atoms with van der Waals surface area (Å²) in [6.45, 7) is 10.4. The van der Waals surface area contributed by atoms with Gasteiger partial charge >= 0.3 is 0 Å². The number of fused-ring (bicyclic) bond motifs is 2. The van der Waals surface area contributed by atoms with E-state index in [4.69, 9.17) is 0 Å². The summed E-state index contributed by atoms with van der Waals surface area (Å²) in [6, 6.07) is 13.4. The van der Waals surface area contributed by atoms with Crippen LogP contribution >= 0.6 is 46.1 Å². The van der Waals surface area contributed by atoms with E-state index in [9.17, 15) is 4.79 Å². The Morgan fingerprint density at radius 1 is 1.06 bits per heavy atom. The Labute approximate surface area is 213 Å². The Balaban J connectivity index is 1.64. The summed E-state index contributed by atoms with van der Waals surface area (Å²) in [5.41, 5.74) is 6.46. The van der Waals surface area contributed by atoms with Crippen molar-refractivity contribution in [2.45, 2.75) is 55.7 Å². The van der Waals surface area contributed by atoms with Gasteiger partial charge in [0.05, 0.1) is 21.8 Å². The van der Waals surface area contributed by atoms with Crippen molar-refractivity contribution in [2.24, 2.45) is 0 Å². The van der Waals surface area contributed by atoms with Gasteiger partial charge in [-0.2, -0.15) is 0 Å². The first-order valence-electron chi connectivity index (χ1n) is 11.1. The second-order valence-corrected chi connectivity index (χ2v) is 11.6. The quantitative estimate of drug-likeness (QED) is 0.248. The second-order valence-electron chi connectivity index (χ2n) is 8.17. The average Bonchev–Trinajstić information content (AvgIpc) is 3.27. The van der Waals surface area contributed by atoms with Gasteiger partial charge in [-0.3, -0.25) is 4.79 Å². The largest absolute Gasteiger partial charge is 0.354 e. The number of hydrogen-bond acceptors (Lipinski definition) is 5. The lowest BCUT2D eigenvalue weighted by Gasteiger charge is -2.25. The number of halogens is 1. The van der Waals surface area contributed by atoms with Gasteiger partial charge < -0.3 is 9.80 Å². The van der Waals surface area contributed by atoms with Crippen molar-refractivity contribution in [2.75, 3.05) is 22.9 Å². The third-order valence-corrected chi connectivity index (χ3v) is 8.69. The van der Waals surface area contributed by atoms with E-state index >= 15 is 0 Å². The molecule has 6 heteroatoms. The molecule has 1 atom stereocenters. The molecule has 0 aromatic heterocycles. The highest BCUT2D eigenvalue weighted by molar-refractivity contribution is 14.1. The Hall–Kier alpha value is -1.38. The summed E-state index contributed by atoms with van der Waals surface area (Å²) >= 11 is 5.66. The predicted molar refractivity (Wildman–Crippen MR) is 148 cm³/mol. The molecule has 0 amide bonds. The molecule has 1 unspecified atom stereocenters. The molecule has 2 heterocycles. The maximum Gasteiger partial charge on any atom is 0.194 e.